The average Bonchev–Trinajstić information content (AvgIpc) is 3.25. The van der Waals surface area contributed by atoms with Crippen molar-refractivity contribution in [2.45, 2.75) is 42.7 Å². The molecule has 1 heterocycles. The molecule has 1 aliphatic carbocycles. The number of thioether (sulfide) groups is 1. The minimum Gasteiger partial charge on any atom is -0.336 e. The van der Waals surface area contributed by atoms with E-state index in [1.807, 2.05) is 29.2 Å². The third kappa shape index (κ3) is 4.51. The number of halogens is 1. The summed E-state index contributed by atoms with van der Waals surface area (Å²) in [4.78, 5) is 15.6. The zero-order valence-corrected chi connectivity index (χ0v) is 16.0. The average molecular weight is 418 g/mol. The zero-order valence-electron chi connectivity index (χ0n) is 12.8. The zero-order chi connectivity index (χ0) is 16.4. The Kier molecular flexibility index (Phi) is 5.38. The molecule has 2 aliphatic rings. The highest BCUT2D eigenvalue weighted by Crippen LogP contribution is 2.33. The molecule has 0 aromatic heterocycles. The predicted octanol–water partition coefficient (Wildman–Crippen LogP) is 3.11. The van der Waals surface area contributed by atoms with Crippen molar-refractivity contribution < 1.29 is 13.2 Å². The van der Waals surface area contributed by atoms with E-state index in [9.17, 15) is 13.2 Å². The Hall–Kier alpha value is -0.530. The van der Waals surface area contributed by atoms with Crippen molar-refractivity contribution in [3.8, 4) is 0 Å². The highest BCUT2D eigenvalue weighted by molar-refractivity contribution is 9.10. The summed E-state index contributed by atoms with van der Waals surface area (Å²) < 4.78 is 24.4. The van der Waals surface area contributed by atoms with Crippen molar-refractivity contribution in [2.75, 3.05) is 17.3 Å². The number of hydrogen-bond donors (Lipinski definition) is 0. The van der Waals surface area contributed by atoms with Crippen LogP contribution in [0.25, 0.3) is 0 Å². The van der Waals surface area contributed by atoms with Gasteiger partial charge in [-0.1, -0.05) is 12.1 Å². The molecule has 7 heteroatoms. The molecule has 1 unspecified atom stereocenters. The number of hydrogen-bond acceptors (Lipinski definition) is 4. The second-order valence-corrected chi connectivity index (χ2v) is 10.3. The smallest absolute Gasteiger partial charge is 0.223 e. The van der Waals surface area contributed by atoms with Gasteiger partial charge in [-0.05, 0) is 47.3 Å². The van der Waals surface area contributed by atoms with E-state index in [4.69, 9.17) is 0 Å². The van der Waals surface area contributed by atoms with Crippen LogP contribution in [0.2, 0.25) is 0 Å². The van der Waals surface area contributed by atoms with Crippen LogP contribution in [0.15, 0.2) is 33.6 Å². The van der Waals surface area contributed by atoms with Gasteiger partial charge < -0.3 is 4.90 Å². The molecule has 1 aliphatic heterocycles. The summed E-state index contributed by atoms with van der Waals surface area (Å²) in [7, 11) is -2.95. The highest BCUT2D eigenvalue weighted by Gasteiger charge is 2.41. The summed E-state index contributed by atoms with van der Waals surface area (Å²) >= 11 is 5.16. The largest absolute Gasteiger partial charge is 0.336 e. The molecule has 4 nitrogen and oxygen atoms in total. The van der Waals surface area contributed by atoms with Crippen molar-refractivity contribution in [3.05, 3.63) is 28.7 Å². The van der Waals surface area contributed by atoms with Gasteiger partial charge in [-0.15, -0.1) is 11.8 Å². The van der Waals surface area contributed by atoms with Crippen LogP contribution < -0.4 is 0 Å². The number of rotatable bonds is 6. The van der Waals surface area contributed by atoms with E-state index in [1.165, 1.54) is 0 Å². The maximum atomic E-state index is 12.6. The Morgan fingerprint density at radius 3 is 2.57 bits per heavy atom. The lowest BCUT2D eigenvalue weighted by molar-refractivity contribution is -0.133. The topological polar surface area (TPSA) is 54.5 Å². The molecule has 0 bridgehead atoms. The first-order valence-corrected chi connectivity index (χ1v) is 11.5. The van der Waals surface area contributed by atoms with Gasteiger partial charge in [-0.25, -0.2) is 8.42 Å². The lowest BCUT2D eigenvalue weighted by atomic mass is 10.2. The van der Waals surface area contributed by atoms with E-state index in [-0.39, 0.29) is 29.5 Å². The standard InChI is InChI=1S/C16H20BrNO3S2/c17-14-3-1-2-4-15(14)22-9-7-16(19)18(12-5-6-12)13-8-10-23(20,21)11-13/h1-4,12-13H,5-11H2. The van der Waals surface area contributed by atoms with Gasteiger partial charge in [0.25, 0.3) is 0 Å². The molecular weight excluding hydrogens is 398 g/mol. The molecule has 3 rings (SSSR count). The maximum absolute atomic E-state index is 12.6. The number of benzene rings is 1. The summed E-state index contributed by atoms with van der Waals surface area (Å²) in [5.41, 5.74) is 0. The summed E-state index contributed by atoms with van der Waals surface area (Å²) in [6.07, 6.45) is 3.08. The van der Waals surface area contributed by atoms with E-state index < -0.39 is 9.84 Å². The van der Waals surface area contributed by atoms with Crippen LogP contribution in [0, 0.1) is 0 Å². The summed E-state index contributed by atoms with van der Waals surface area (Å²) in [6.45, 7) is 0. The van der Waals surface area contributed by atoms with Gasteiger partial charge in [-0.2, -0.15) is 0 Å². The first-order valence-electron chi connectivity index (χ1n) is 7.85. The molecular formula is C16H20BrNO3S2. The lowest BCUT2D eigenvalue weighted by Gasteiger charge is -2.28. The molecule has 1 aromatic carbocycles. The van der Waals surface area contributed by atoms with E-state index in [0.29, 0.717) is 18.6 Å². The molecule has 0 radical (unpaired) electrons. The number of amides is 1. The van der Waals surface area contributed by atoms with Gasteiger partial charge in [-0.3, -0.25) is 4.79 Å². The Morgan fingerprint density at radius 1 is 1.22 bits per heavy atom. The summed E-state index contributed by atoms with van der Waals surface area (Å²) in [6, 6.07) is 8.14. The van der Waals surface area contributed by atoms with Gasteiger partial charge in [0.05, 0.1) is 11.5 Å². The van der Waals surface area contributed by atoms with Crippen molar-refractivity contribution in [1.82, 2.24) is 4.90 Å². The predicted molar refractivity (Wildman–Crippen MR) is 96.4 cm³/mol. The molecule has 1 aromatic rings. The SMILES string of the molecule is O=C(CCSc1ccccc1Br)N(C1CC1)C1CCS(=O)(=O)C1. The first kappa shape index (κ1) is 17.3. The van der Waals surface area contributed by atoms with Crippen molar-refractivity contribution in [2.24, 2.45) is 0 Å². The number of carbonyl (C=O) groups is 1. The third-order valence-electron chi connectivity index (χ3n) is 4.24. The van der Waals surface area contributed by atoms with Gasteiger partial charge >= 0.3 is 0 Å². The van der Waals surface area contributed by atoms with Gasteiger partial charge in [0, 0.05) is 33.6 Å². The van der Waals surface area contributed by atoms with Crippen LogP contribution in [-0.4, -0.2) is 48.6 Å². The molecule has 0 spiro atoms. The molecule has 2 fully saturated rings. The monoisotopic (exact) mass is 417 g/mol. The van der Waals surface area contributed by atoms with Crippen molar-refractivity contribution in [3.63, 3.8) is 0 Å². The van der Waals surface area contributed by atoms with Crippen LogP contribution in [0.1, 0.15) is 25.7 Å². The van der Waals surface area contributed by atoms with Crippen LogP contribution in [-0.2, 0) is 14.6 Å². The Bertz CT molecular complexity index is 688. The molecule has 1 saturated heterocycles. The van der Waals surface area contributed by atoms with E-state index in [1.54, 1.807) is 11.8 Å². The van der Waals surface area contributed by atoms with Crippen LogP contribution in [0.3, 0.4) is 0 Å². The Labute approximate surface area is 150 Å². The number of carbonyl (C=O) groups excluding carboxylic acids is 1. The first-order chi connectivity index (χ1) is 11.0. The van der Waals surface area contributed by atoms with Gasteiger partial charge in [0.15, 0.2) is 9.84 Å². The molecule has 1 saturated carbocycles. The second-order valence-electron chi connectivity index (χ2n) is 6.12. The number of sulfone groups is 1. The minimum atomic E-state index is -2.95. The lowest BCUT2D eigenvalue weighted by Crippen LogP contribution is -2.42. The van der Waals surface area contributed by atoms with Crippen LogP contribution in [0.5, 0.6) is 0 Å². The summed E-state index contributed by atoms with van der Waals surface area (Å²) in [5, 5.41) is 0. The van der Waals surface area contributed by atoms with Gasteiger partial charge in [0.2, 0.25) is 5.91 Å². The normalized spacial score (nSPS) is 22.9. The maximum Gasteiger partial charge on any atom is 0.223 e. The van der Waals surface area contributed by atoms with E-state index >= 15 is 0 Å². The molecule has 1 atom stereocenters. The quantitative estimate of drug-likeness (QED) is 0.667. The van der Waals surface area contributed by atoms with E-state index in [2.05, 4.69) is 15.9 Å². The Morgan fingerprint density at radius 2 is 1.96 bits per heavy atom. The summed E-state index contributed by atoms with van der Waals surface area (Å²) in [5.74, 6) is 1.19. The fourth-order valence-corrected chi connectivity index (χ4v) is 6.21. The van der Waals surface area contributed by atoms with Gasteiger partial charge in [0.1, 0.15) is 0 Å². The fourth-order valence-electron chi connectivity index (χ4n) is 2.99. The van der Waals surface area contributed by atoms with Crippen molar-refractivity contribution in [1.29, 1.82) is 0 Å². The Balaban J connectivity index is 1.56. The molecule has 126 valence electrons. The fraction of sp³-hybridized carbons (Fsp3) is 0.562. The highest BCUT2D eigenvalue weighted by atomic mass is 79.9. The van der Waals surface area contributed by atoms with Crippen LogP contribution >= 0.6 is 27.7 Å². The van der Waals surface area contributed by atoms with Crippen molar-refractivity contribution >= 4 is 43.4 Å². The minimum absolute atomic E-state index is 0.103. The number of nitrogens with zero attached hydrogens (tertiary/aromatic N) is 1. The third-order valence-corrected chi connectivity index (χ3v) is 8.02. The molecule has 0 N–H and O–H groups in total. The molecule has 1 amide bonds. The van der Waals surface area contributed by atoms with Crippen LogP contribution in [0.4, 0.5) is 0 Å². The molecule has 23 heavy (non-hydrogen) atoms. The second kappa shape index (κ2) is 7.15. The van der Waals surface area contributed by atoms with E-state index in [0.717, 1.165) is 22.2 Å².